The Morgan fingerprint density at radius 2 is 1.85 bits per heavy atom. The van der Waals surface area contributed by atoms with E-state index in [0.717, 1.165) is 0 Å². The van der Waals surface area contributed by atoms with Crippen LogP contribution >= 0.6 is 0 Å². The fourth-order valence-corrected chi connectivity index (χ4v) is 2.62. The molecule has 2 heterocycles. The van der Waals surface area contributed by atoms with Crippen molar-refractivity contribution in [3.63, 3.8) is 0 Å². The van der Waals surface area contributed by atoms with Gasteiger partial charge in [0.05, 0.1) is 12.8 Å². The van der Waals surface area contributed by atoms with Gasteiger partial charge in [0, 0.05) is 5.56 Å². The summed E-state index contributed by atoms with van der Waals surface area (Å²) >= 11 is 0. The average molecular weight is 358 g/mol. The van der Waals surface area contributed by atoms with Crippen molar-refractivity contribution >= 4 is 28.9 Å². The summed E-state index contributed by atoms with van der Waals surface area (Å²) in [5.74, 6) is 0.949. The van der Waals surface area contributed by atoms with Crippen molar-refractivity contribution in [2.24, 2.45) is 0 Å². The Morgan fingerprint density at radius 1 is 1.07 bits per heavy atom. The van der Waals surface area contributed by atoms with Crippen LogP contribution in [-0.4, -0.2) is 22.1 Å². The molecule has 132 valence electrons. The third-order valence-electron chi connectivity index (χ3n) is 3.92. The van der Waals surface area contributed by atoms with Crippen molar-refractivity contribution in [2.45, 2.75) is 0 Å². The van der Waals surface area contributed by atoms with Gasteiger partial charge in [-0.05, 0) is 36.4 Å². The highest BCUT2D eigenvalue weighted by atomic mass is 16.5. The number of hydrogen-bond acceptors (Lipinski definition) is 8. The van der Waals surface area contributed by atoms with Crippen LogP contribution in [0.2, 0.25) is 0 Å². The summed E-state index contributed by atoms with van der Waals surface area (Å²) in [5, 5.41) is 12.4. The van der Waals surface area contributed by atoms with Gasteiger partial charge in [-0.1, -0.05) is 12.1 Å². The Balaban J connectivity index is 1.75. The van der Waals surface area contributed by atoms with E-state index in [0.29, 0.717) is 28.1 Å². The largest absolute Gasteiger partial charge is 0.497 e. The van der Waals surface area contributed by atoms with Crippen LogP contribution in [0.25, 0.3) is 22.4 Å². The molecule has 2 aromatic heterocycles. The molecule has 0 spiro atoms. The summed E-state index contributed by atoms with van der Waals surface area (Å²) in [6.07, 6.45) is 0. The molecule has 4 rings (SSSR count). The molecule has 0 saturated carbocycles. The fourth-order valence-electron chi connectivity index (χ4n) is 2.62. The highest BCUT2D eigenvalue weighted by Crippen LogP contribution is 2.28. The summed E-state index contributed by atoms with van der Waals surface area (Å²) < 4.78 is 10.8. The number of benzene rings is 2. The number of oxazole rings is 1. The van der Waals surface area contributed by atoms with Crippen LogP contribution in [-0.2, 0) is 0 Å². The third kappa shape index (κ3) is 3.09. The predicted molar refractivity (Wildman–Crippen MR) is 100 cm³/mol. The second-order valence-electron chi connectivity index (χ2n) is 5.61. The summed E-state index contributed by atoms with van der Waals surface area (Å²) in [6, 6.07) is 16.8. The number of aromatic nitrogens is 3. The van der Waals surface area contributed by atoms with Crippen molar-refractivity contribution in [1.29, 1.82) is 5.26 Å². The van der Waals surface area contributed by atoms with Gasteiger partial charge >= 0.3 is 6.01 Å². The highest BCUT2D eigenvalue weighted by molar-refractivity contribution is 5.76. The Bertz CT molecular complexity index is 1130. The minimum atomic E-state index is 0.0666. The van der Waals surface area contributed by atoms with Crippen LogP contribution in [0.3, 0.4) is 0 Å². The monoisotopic (exact) mass is 358 g/mol. The van der Waals surface area contributed by atoms with Gasteiger partial charge in [-0.25, -0.2) is 4.98 Å². The van der Waals surface area contributed by atoms with Crippen molar-refractivity contribution < 1.29 is 9.15 Å². The predicted octanol–water partition coefficient (Wildman–Crippen LogP) is 3.49. The van der Waals surface area contributed by atoms with Crippen LogP contribution < -0.4 is 15.8 Å². The van der Waals surface area contributed by atoms with Gasteiger partial charge in [0.25, 0.3) is 0 Å². The quantitative estimate of drug-likeness (QED) is 0.568. The van der Waals surface area contributed by atoms with Gasteiger partial charge in [0.1, 0.15) is 28.7 Å². The van der Waals surface area contributed by atoms with Crippen LogP contribution in [0.5, 0.6) is 5.75 Å². The van der Waals surface area contributed by atoms with E-state index >= 15 is 0 Å². The number of ether oxygens (including phenoxy) is 1. The highest BCUT2D eigenvalue weighted by Gasteiger charge is 2.16. The molecule has 2 aromatic carbocycles. The zero-order chi connectivity index (χ0) is 18.8. The summed E-state index contributed by atoms with van der Waals surface area (Å²) in [4.78, 5) is 12.9. The Hall–Kier alpha value is -4.12. The zero-order valence-corrected chi connectivity index (χ0v) is 14.3. The molecule has 0 unspecified atom stereocenters. The second-order valence-corrected chi connectivity index (χ2v) is 5.61. The molecule has 8 heteroatoms. The van der Waals surface area contributed by atoms with E-state index in [2.05, 4.69) is 26.3 Å². The molecule has 3 N–H and O–H groups in total. The van der Waals surface area contributed by atoms with E-state index in [1.807, 2.05) is 24.3 Å². The number of nitrogen functional groups attached to an aromatic ring is 1. The van der Waals surface area contributed by atoms with Crippen molar-refractivity contribution in [1.82, 2.24) is 15.0 Å². The lowest BCUT2D eigenvalue weighted by Gasteiger charge is -2.09. The first kappa shape index (κ1) is 16.4. The molecule has 0 fully saturated rings. The van der Waals surface area contributed by atoms with Gasteiger partial charge in [-0.3, -0.25) is 5.32 Å². The van der Waals surface area contributed by atoms with Crippen LogP contribution in [0.4, 0.5) is 17.8 Å². The minimum absolute atomic E-state index is 0.0666. The number of nitrogens with two attached hydrogens (primary N) is 1. The first-order chi connectivity index (χ1) is 13.2. The van der Waals surface area contributed by atoms with E-state index < -0.39 is 0 Å². The molecule has 0 amide bonds. The first-order valence-corrected chi connectivity index (χ1v) is 8.02. The number of para-hydroxylation sites is 2. The van der Waals surface area contributed by atoms with Crippen molar-refractivity contribution in [2.75, 3.05) is 18.2 Å². The second kappa shape index (κ2) is 6.65. The minimum Gasteiger partial charge on any atom is -0.497 e. The number of nitriles is 1. The number of rotatable bonds is 4. The van der Waals surface area contributed by atoms with E-state index in [1.165, 1.54) is 0 Å². The summed E-state index contributed by atoms with van der Waals surface area (Å²) in [5.41, 5.74) is 8.62. The molecular weight excluding hydrogens is 344 g/mol. The summed E-state index contributed by atoms with van der Waals surface area (Å²) in [6.45, 7) is 0. The molecular formula is C19H14N6O2. The zero-order valence-electron chi connectivity index (χ0n) is 14.3. The molecule has 0 atom stereocenters. The van der Waals surface area contributed by atoms with E-state index in [-0.39, 0.29) is 23.3 Å². The number of anilines is 3. The molecule has 0 aliphatic carbocycles. The maximum absolute atomic E-state index is 9.45. The normalized spacial score (nSPS) is 10.5. The van der Waals surface area contributed by atoms with E-state index in [4.69, 9.17) is 14.9 Å². The lowest BCUT2D eigenvalue weighted by atomic mass is 10.1. The number of nitrogens with one attached hydrogen (secondary N) is 1. The third-order valence-corrected chi connectivity index (χ3v) is 3.92. The SMILES string of the molecule is COc1ccc(-c2nc(Nc3nc4ccccc4o3)nc(N)c2C#N)cc1. The van der Waals surface area contributed by atoms with E-state index in [9.17, 15) is 5.26 Å². The first-order valence-electron chi connectivity index (χ1n) is 8.02. The van der Waals surface area contributed by atoms with Gasteiger partial charge in [0.2, 0.25) is 5.95 Å². The van der Waals surface area contributed by atoms with Crippen LogP contribution in [0.1, 0.15) is 5.56 Å². The van der Waals surface area contributed by atoms with Crippen LogP contribution in [0, 0.1) is 11.3 Å². The van der Waals surface area contributed by atoms with E-state index in [1.54, 1.807) is 31.4 Å². The lowest BCUT2D eigenvalue weighted by molar-refractivity contribution is 0.415. The topological polar surface area (TPSA) is 123 Å². The molecule has 0 bridgehead atoms. The smallest absolute Gasteiger partial charge is 0.302 e. The van der Waals surface area contributed by atoms with Gasteiger partial charge in [-0.2, -0.15) is 15.2 Å². The Labute approximate surface area is 154 Å². The van der Waals surface area contributed by atoms with Gasteiger partial charge in [-0.15, -0.1) is 0 Å². The molecule has 0 radical (unpaired) electrons. The van der Waals surface area contributed by atoms with Crippen LogP contribution in [0.15, 0.2) is 52.9 Å². The fraction of sp³-hybridized carbons (Fsp3) is 0.0526. The van der Waals surface area contributed by atoms with Gasteiger partial charge < -0.3 is 14.9 Å². The molecule has 0 aliphatic rings. The Kier molecular flexibility index (Phi) is 4.03. The molecule has 27 heavy (non-hydrogen) atoms. The van der Waals surface area contributed by atoms with Gasteiger partial charge in [0.15, 0.2) is 5.58 Å². The number of fused-ring (bicyclic) bond motifs is 1. The number of methoxy groups -OCH3 is 1. The molecule has 0 aliphatic heterocycles. The number of nitrogens with zero attached hydrogens (tertiary/aromatic N) is 4. The lowest BCUT2D eigenvalue weighted by Crippen LogP contribution is -2.05. The van der Waals surface area contributed by atoms with Crippen molar-refractivity contribution in [3.8, 4) is 23.1 Å². The number of hydrogen-bond donors (Lipinski definition) is 2. The molecule has 0 saturated heterocycles. The average Bonchev–Trinajstić information content (AvgIpc) is 3.10. The standard InChI is InChI=1S/C19H14N6O2/c1-26-12-8-6-11(7-9-12)16-13(10-20)17(21)24-18(23-16)25-19-22-14-4-2-3-5-15(14)27-19/h2-9H,1H3,(H3,21,22,23,24,25). The maximum atomic E-state index is 9.45. The van der Waals surface area contributed by atoms with Crippen molar-refractivity contribution in [3.05, 3.63) is 54.1 Å². The maximum Gasteiger partial charge on any atom is 0.302 e. The Morgan fingerprint density at radius 3 is 2.56 bits per heavy atom. The molecule has 8 nitrogen and oxygen atoms in total. The molecule has 4 aromatic rings. The summed E-state index contributed by atoms with van der Waals surface area (Å²) in [7, 11) is 1.58.